The first-order valence-corrected chi connectivity index (χ1v) is 9.39. The van der Waals surface area contributed by atoms with Gasteiger partial charge in [0.1, 0.15) is 6.61 Å². The SMILES string of the molecule is COc1nc2c(C)ccc(C(=O)OCc3ccc(-c4ccccc4C#N)cc3)c2[nH]1. The van der Waals surface area contributed by atoms with E-state index in [2.05, 4.69) is 16.0 Å². The summed E-state index contributed by atoms with van der Waals surface area (Å²) in [6.45, 7) is 2.06. The highest BCUT2D eigenvalue weighted by molar-refractivity contribution is 6.03. The van der Waals surface area contributed by atoms with E-state index in [1.807, 2.05) is 55.5 Å². The third-order valence-electron chi connectivity index (χ3n) is 4.92. The molecule has 6 heteroatoms. The predicted molar refractivity (Wildman–Crippen MR) is 113 cm³/mol. The Balaban J connectivity index is 1.51. The number of aromatic amines is 1. The Kier molecular flexibility index (Phi) is 5.19. The Labute approximate surface area is 173 Å². The fraction of sp³-hybridized carbons (Fsp3) is 0.125. The second-order valence-corrected chi connectivity index (χ2v) is 6.83. The molecule has 1 aromatic heterocycles. The van der Waals surface area contributed by atoms with Crippen LogP contribution in [0.4, 0.5) is 0 Å². The van der Waals surface area contributed by atoms with Crippen molar-refractivity contribution in [2.75, 3.05) is 7.11 Å². The predicted octanol–water partition coefficient (Wildman–Crippen LogP) is 4.78. The largest absolute Gasteiger partial charge is 0.468 e. The van der Waals surface area contributed by atoms with Crippen molar-refractivity contribution >= 4 is 17.0 Å². The Bertz CT molecular complexity index is 1270. The van der Waals surface area contributed by atoms with Gasteiger partial charge in [-0.05, 0) is 41.3 Å². The first kappa shape index (κ1) is 19.2. The molecule has 0 fully saturated rings. The van der Waals surface area contributed by atoms with Crippen molar-refractivity contribution in [3.05, 3.63) is 82.9 Å². The molecule has 0 aliphatic rings. The van der Waals surface area contributed by atoms with E-state index in [0.29, 0.717) is 28.2 Å². The lowest BCUT2D eigenvalue weighted by atomic mass is 9.99. The molecule has 0 aliphatic heterocycles. The van der Waals surface area contributed by atoms with Gasteiger partial charge in [0.15, 0.2) is 0 Å². The van der Waals surface area contributed by atoms with Gasteiger partial charge in [-0.1, -0.05) is 48.5 Å². The van der Waals surface area contributed by atoms with Crippen molar-refractivity contribution in [3.63, 3.8) is 0 Å². The fourth-order valence-corrected chi connectivity index (χ4v) is 3.31. The summed E-state index contributed by atoms with van der Waals surface area (Å²) in [5.41, 5.74) is 5.91. The molecule has 1 N–H and O–H groups in total. The topological polar surface area (TPSA) is 88.0 Å². The maximum atomic E-state index is 12.7. The van der Waals surface area contributed by atoms with Gasteiger partial charge in [0, 0.05) is 0 Å². The highest BCUT2D eigenvalue weighted by Crippen LogP contribution is 2.25. The van der Waals surface area contributed by atoms with Gasteiger partial charge in [0.2, 0.25) is 0 Å². The number of nitrogens with zero attached hydrogens (tertiary/aromatic N) is 2. The molecule has 0 saturated carbocycles. The summed E-state index contributed by atoms with van der Waals surface area (Å²) in [7, 11) is 1.52. The number of carbonyl (C=O) groups is 1. The van der Waals surface area contributed by atoms with E-state index in [9.17, 15) is 10.1 Å². The number of nitriles is 1. The molecule has 30 heavy (non-hydrogen) atoms. The quantitative estimate of drug-likeness (QED) is 0.490. The maximum absolute atomic E-state index is 12.7. The van der Waals surface area contributed by atoms with Gasteiger partial charge in [-0.25, -0.2) is 4.79 Å². The molecule has 0 unspecified atom stereocenters. The molecule has 6 nitrogen and oxygen atoms in total. The molecular weight excluding hydrogens is 378 g/mol. The first-order valence-electron chi connectivity index (χ1n) is 9.39. The number of hydrogen-bond donors (Lipinski definition) is 1. The van der Waals surface area contributed by atoms with Crippen LogP contribution in [0.15, 0.2) is 60.7 Å². The van der Waals surface area contributed by atoms with E-state index >= 15 is 0 Å². The van der Waals surface area contributed by atoms with E-state index in [1.54, 1.807) is 12.1 Å². The second-order valence-electron chi connectivity index (χ2n) is 6.83. The number of methoxy groups -OCH3 is 1. The summed E-state index contributed by atoms with van der Waals surface area (Å²) >= 11 is 0. The first-order chi connectivity index (χ1) is 14.6. The van der Waals surface area contributed by atoms with Gasteiger partial charge >= 0.3 is 5.97 Å². The third kappa shape index (κ3) is 3.61. The molecule has 0 saturated heterocycles. The zero-order chi connectivity index (χ0) is 21.1. The maximum Gasteiger partial charge on any atom is 0.340 e. The highest BCUT2D eigenvalue weighted by atomic mass is 16.5. The van der Waals surface area contributed by atoms with Crippen LogP contribution in [0.3, 0.4) is 0 Å². The van der Waals surface area contributed by atoms with Gasteiger partial charge in [-0.2, -0.15) is 10.2 Å². The fourth-order valence-electron chi connectivity index (χ4n) is 3.31. The van der Waals surface area contributed by atoms with Crippen LogP contribution in [0.5, 0.6) is 6.01 Å². The Morgan fingerprint density at radius 2 is 1.87 bits per heavy atom. The van der Waals surface area contributed by atoms with Crippen molar-refractivity contribution in [1.82, 2.24) is 9.97 Å². The summed E-state index contributed by atoms with van der Waals surface area (Å²) in [4.78, 5) is 20.0. The number of rotatable bonds is 5. The number of hydrogen-bond acceptors (Lipinski definition) is 5. The molecule has 0 atom stereocenters. The zero-order valence-corrected chi connectivity index (χ0v) is 16.6. The third-order valence-corrected chi connectivity index (χ3v) is 4.92. The number of carbonyl (C=O) groups excluding carboxylic acids is 1. The van der Waals surface area contributed by atoms with Crippen LogP contribution in [-0.4, -0.2) is 23.0 Å². The van der Waals surface area contributed by atoms with Crippen molar-refractivity contribution in [1.29, 1.82) is 5.26 Å². The minimum absolute atomic E-state index is 0.139. The number of aryl methyl sites for hydroxylation is 1. The minimum atomic E-state index is -0.440. The van der Waals surface area contributed by atoms with Gasteiger partial charge in [-0.15, -0.1) is 0 Å². The molecule has 4 rings (SSSR count). The van der Waals surface area contributed by atoms with Crippen LogP contribution in [-0.2, 0) is 11.3 Å². The summed E-state index contributed by atoms with van der Waals surface area (Å²) in [6, 6.07) is 21.2. The van der Waals surface area contributed by atoms with E-state index < -0.39 is 5.97 Å². The summed E-state index contributed by atoms with van der Waals surface area (Å²) in [5.74, 6) is -0.440. The molecule has 0 aliphatic carbocycles. The Hall–Kier alpha value is -4.11. The van der Waals surface area contributed by atoms with Crippen LogP contribution in [0.1, 0.15) is 27.0 Å². The molecule has 0 spiro atoms. The lowest BCUT2D eigenvalue weighted by Crippen LogP contribution is -2.06. The second kappa shape index (κ2) is 8.10. The van der Waals surface area contributed by atoms with Crippen molar-refractivity contribution in [2.45, 2.75) is 13.5 Å². The number of benzene rings is 3. The monoisotopic (exact) mass is 397 g/mol. The average Bonchev–Trinajstić information content (AvgIpc) is 3.23. The molecule has 4 aromatic rings. The van der Waals surface area contributed by atoms with Crippen LogP contribution in [0.2, 0.25) is 0 Å². The van der Waals surface area contributed by atoms with E-state index in [0.717, 1.165) is 22.3 Å². The molecule has 148 valence electrons. The zero-order valence-electron chi connectivity index (χ0n) is 16.6. The Morgan fingerprint density at radius 3 is 2.60 bits per heavy atom. The molecule has 0 bridgehead atoms. The molecule has 1 heterocycles. The number of aromatic nitrogens is 2. The van der Waals surface area contributed by atoms with Crippen molar-refractivity contribution in [3.8, 4) is 23.2 Å². The molecule has 3 aromatic carbocycles. The number of esters is 1. The number of nitrogens with one attached hydrogen (secondary N) is 1. The van der Waals surface area contributed by atoms with E-state index in [1.165, 1.54) is 7.11 Å². The highest BCUT2D eigenvalue weighted by Gasteiger charge is 2.17. The normalized spacial score (nSPS) is 10.6. The van der Waals surface area contributed by atoms with Crippen LogP contribution >= 0.6 is 0 Å². The lowest BCUT2D eigenvalue weighted by Gasteiger charge is -2.08. The summed E-state index contributed by atoms with van der Waals surface area (Å²) in [5, 5.41) is 9.28. The number of ether oxygens (including phenoxy) is 2. The number of H-pyrrole nitrogens is 1. The van der Waals surface area contributed by atoms with Gasteiger partial charge < -0.3 is 14.5 Å². The number of fused-ring (bicyclic) bond motifs is 1. The van der Waals surface area contributed by atoms with Crippen LogP contribution in [0, 0.1) is 18.3 Å². The minimum Gasteiger partial charge on any atom is -0.468 e. The summed E-state index contributed by atoms with van der Waals surface area (Å²) in [6.07, 6.45) is 0. The molecular formula is C24H19N3O3. The Morgan fingerprint density at radius 1 is 1.10 bits per heavy atom. The van der Waals surface area contributed by atoms with Crippen molar-refractivity contribution in [2.24, 2.45) is 0 Å². The van der Waals surface area contributed by atoms with Crippen LogP contribution < -0.4 is 4.74 Å². The van der Waals surface area contributed by atoms with Gasteiger partial charge in [-0.3, -0.25) is 0 Å². The smallest absolute Gasteiger partial charge is 0.340 e. The standard InChI is InChI=1S/C24H19N3O3/c1-15-7-12-20(22-21(15)26-24(27-22)29-2)23(28)30-14-16-8-10-17(11-9-16)19-6-4-3-5-18(19)13-25/h3-12H,14H2,1-2H3,(H,26,27). The molecule has 0 radical (unpaired) electrons. The van der Waals surface area contributed by atoms with Crippen molar-refractivity contribution < 1.29 is 14.3 Å². The van der Waals surface area contributed by atoms with Crippen LogP contribution in [0.25, 0.3) is 22.2 Å². The summed E-state index contributed by atoms with van der Waals surface area (Å²) < 4.78 is 10.7. The van der Waals surface area contributed by atoms with Gasteiger partial charge in [0.05, 0.1) is 35.3 Å². The van der Waals surface area contributed by atoms with Gasteiger partial charge in [0.25, 0.3) is 6.01 Å². The lowest BCUT2D eigenvalue weighted by molar-refractivity contribution is 0.0475. The van der Waals surface area contributed by atoms with E-state index in [-0.39, 0.29) is 6.61 Å². The molecule has 0 amide bonds. The average molecular weight is 397 g/mol. The van der Waals surface area contributed by atoms with E-state index in [4.69, 9.17) is 9.47 Å². The number of imidazole rings is 1.